The van der Waals surface area contributed by atoms with E-state index in [0.29, 0.717) is 37.9 Å². The standard InChI is InChI=1S/C26H37N3O5S/c1-19(2)18-29(35(33,34)23-14-12-22(27)13-15-23)24(26(31)32)6-4-5-17-28-25(30)16-11-21-9-7-20(3)8-10-21/h7-10,12-15,19,24H,4-6,11,16-18,27H2,1-3H3,(H,28,30)(H,31,32)/t24-/m0/s1. The lowest BCUT2D eigenvalue weighted by atomic mass is 10.1. The number of amides is 1. The van der Waals surface area contributed by atoms with Crippen LogP contribution in [0.4, 0.5) is 5.69 Å². The van der Waals surface area contributed by atoms with Crippen molar-refractivity contribution in [1.82, 2.24) is 9.62 Å². The highest BCUT2D eigenvalue weighted by molar-refractivity contribution is 7.89. The third-order valence-corrected chi connectivity index (χ3v) is 7.54. The van der Waals surface area contributed by atoms with Crippen LogP contribution < -0.4 is 11.1 Å². The van der Waals surface area contributed by atoms with Gasteiger partial charge in [-0.1, -0.05) is 43.7 Å². The van der Waals surface area contributed by atoms with Crippen LogP contribution in [0.2, 0.25) is 0 Å². The lowest BCUT2D eigenvalue weighted by Crippen LogP contribution is -2.46. The van der Waals surface area contributed by atoms with E-state index < -0.39 is 22.0 Å². The second-order valence-electron chi connectivity index (χ2n) is 9.22. The number of hydrogen-bond acceptors (Lipinski definition) is 5. The molecule has 0 fully saturated rings. The van der Waals surface area contributed by atoms with E-state index in [1.807, 2.05) is 45.0 Å². The molecule has 0 heterocycles. The Hall–Kier alpha value is -2.91. The second kappa shape index (κ2) is 13.3. The monoisotopic (exact) mass is 503 g/mol. The Labute approximate surface area is 208 Å². The lowest BCUT2D eigenvalue weighted by molar-refractivity contribution is -0.142. The number of nitrogen functional groups attached to an aromatic ring is 1. The number of benzene rings is 2. The minimum absolute atomic E-state index is 0.0134. The number of carbonyl (C=O) groups is 2. The van der Waals surface area contributed by atoms with E-state index in [4.69, 9.17) is 5.73 Å². The lowest BCUT2D eigenvalue weighted by Gasteiger charge is -2.29. The Kier molecular flexibility index (Phi) is 10.7. The minimum atomic E-state index is -4.02. The summed E-state index contributed by atoms with van der Waals surface area (Å²) in [5, 5.41) is 12.7. The average Bonchev–Trinajstić information content (AvgIpc) is 2.79. The molecule has 35 heavy (non-hydrogen) atoms. The molecular formula is C26H37N3O5S. The molecule has 0 aliphatic rings. The van der Waals surface area contributed by atoms with Crippen molar-refractivity contribution in [2.24, 2.45) is 5.92 Å². The van der Waals surface area contributed by atoms with E-state index >= 15 is 0 Å². The number of anilines is 1. The first-order valence-corrected chi connectivity index (χ1v) is 13.4. The molecule has 0 spiro atoms. The SMILES string of the molecule is Cc1ccc(CCC(=O)NCCCC[C@@H](C(=O)O)N(CC(C)C)S(=O)(=O)c2ccc(N)cc2)cc1. The van der Waals surface area contributed by atoms with Gasteiger partial charge in [0.15, 0.2) is 0 Å². The number of hydrogen-bond donors (Lipinski definition) is 3. The Morgan fingerprint density at radius 1 is 1.03 bits per heavy atom. The molecule has 9 heteroatoms. The van der Waals surface area contributed by atoms with Crippen molar-refractivity contribution in [2.75, 3.05) is 18.8 Å². The van der Waals surface area contributed by atoms with Crippen molar-refractivity contribution >= 4 is 27.6 Å². The number of rotatable bonds is 14. The molecule has 4 N–H and O–H groups in total. The van der Waals surface area contributed by atoms with Gasteiger partial charge in [0.05, 0.1) is 4.90 Å². The number of sulfonamides is 1. The molecule has 1 atom stereocenters. The minimum Gasteiger partial charge on any atom is -0.480 e. The maximum absolute atomic E-state index is 13.3. The Bertz CT molecular complexity index is 1070. The summed E-state index contributed by atoms with van der Waals surface area (Å²) in [7, 11) is -4.02. The van der Waals surface area contributed by atoms with Gasteiger partial charge >= 0.3 is 5.97 Å². The largest absolute Gasteiger partial charge is 0.480 e. The van der Waals surface area contributed by atoms with Gasteiger partial charge in [-0.05, 0) is 68.4 Å². The topological polar surface area (TPSA) is 130 Å². The zero-order chi connectivity index (χ0) is 26.0. The van der Waals surface area contributed by atoms with E-state index in [9.17, 15) is 23.1 Å². The Morgan fingerprint density at radius 2 is 1.66 bits per heavy atom. The summed E-state index contributed by atoms with van der Waals surface area (Å²) in [5.74, 6) is -1.31. The molecule has 192 valence electrons. The number of nitrogens with two attached hydrogens (primary N) is 1. The number of unbranched alkanes of at least 4 members (excludes halogenated alkanes) is 1. The van der Waals surface area contributed by atoms with E-state index in [0.717, 1.165) is 9.87 Å². The highest BCUT2D eigenvalue weighted by Gasteiger charge is 2.35. The van der Waals surface area contributed by atoms with Crippen LogP contribution in [0.15, 0.2) is 53.4 Å². The van der Waals surface area contributed by atoms with Gasteiger partial charge in [-0.15, -0.1) is 0 Å². The van der Waals surface area contributed by atoms with E-state index in [2.05, 4.69) is 5.32 Å². The summed E-state index contributed by atoms with van der Waals surface area (Å²) in [5.41, 5.74) is 8.37. The van der Waals surface area contributed by atoms with Gasteiger partial charge in [0.25, 0.3) is 0 Å². The molecule has 1 amide bonds. The first-order chi connectivity index (χ1) is 16.5. The fourth-order valence-corrected chi connectivity index (χ4v) is 5.49. The van der Waals surface area contributed by atoms with Crippen molar-refractivity contribution in [2.45, 2.75) is 63.8 Å². The van der Waals surface area contributed by atoms with Crippen molar-refractivity contribution in [1.29, 1.82) is 0 Å². The fraction of sp³-hybridized carbons (Fsp3) is 0.462. The quantitative estimate of drug-likeness (QED) is 0.267. The van der Waals surface area contributed by atoms with Gasteiger partial charge < -0.3 is 16.2 Å². The molecular weight excluding hydrogens is 466 g/mol. The first kappa shape index (κ1) is 28.3. The third-order valence-electron chi connectivity index (χ3n) is 5.65. The molecule has 0 radical (unpaired) electrons. The van der Waals surface area contributed by atoms with Crippen molar-refractivity contribution in [3.63, 3.8) is 0 Å². The number of carbonyl (C=O) groups excluding carboxylic acids is 1. The van der Waals surface area contributed by atoms with E-state index in [1.54, 1.807) is 0 Å². The number of aryl methyl sites for hydroxylation is 2. The molecule has 0 bridgehead atoms. The van der Waals surface area contributed by atoms with Crippen LogP contribution in [-0.4, -0.2) is 48.8 Å². The van der Waals surface area contributed by atoms with Crippen LogP contribution in [0.5, 0.6) is 0 Å². The van der Waals surface area contributed by atoms with Crippen LogP contribution in [-0.2, 0) is 26.0 Å². The molecule has 0 aliphatic carbocycles. The molecule has 8 nitrogen and oxygen atoms in total. The normalized spacial score (nSPS) is 12.6. The summed E-state index contributed by atoms with van der Waals surface area (Å²) in [6.07, 6.45) is 2.19. The molecule has 0 saturated heterocycles. The number of nitrogens with one attached hydrogen (secondary N) is 1. The zero-order valence-electron chi connectivity index (χ0n) is 20.7. The fourth-order valence-electron chi connectivity index (χ4n) is 3.71. The summed E-state index contributed by atoms with van der Waals surface area (Å²) in [4.78, 5) is 24.2. The summed E-state index contributed by atoms with van der Waals surface area (Å²) < 4.78 is 27.6. The van der Waals surface area contributed by atoms with Crippen LogP contribution in [0.25, 0.3) is 0 Å². The Balaban J connectivity index is 1.92. The summed E-state index contributed by atoms with van der Waals surface area (Å²) >= 11 is 0. The van der Waals surface area contributed by atoms with Gasteiger partial charge in [-0.25, -0.2) is 8.42 Å². The molecule has 0 aromatic heterocycles. The van der Waals surface area contributed by atoms with Crippen LogP contribution >= 0.6 is 0 Å². The number of carboxylic acids is 1. The van der Waals surface area contributed by atoms with Crippen LogP contribution in [0, 0.1) is 12.8 Å². The maximum Gasteiger partial charge on any atom is 0.322 e. The highest BCUT2D eigenvalue weighted by Crippen LogP contribution is 2.23. The van der Waals surface area contributed by atoms with Crippen LogP contribution in [0.1, 0.15) is 50.7 Å². The predicted octanol–water partition coefficient (Wildman–Crippen LogP) is 3.60. The molecule has 2 rings (SSSR count). The molecule has 2 aromatic carbocycles. The second-order valence-corrected chi connectivity index (χ2v) is 11.1. The Morgan fingerprint density at radius 3 is 2.23 bits per heavy atom. The third kappa shape index (κ3) is 8.99. The molecule has 2 aromatic rings. The van der Waals surface area contributed by atoms with E-state index in [1.165, 1.54) is 29.8 Å². The van der Waals surface area contributed by atoms with E-state index in [-0.39, 0.29) is 29.7 Å². The maximum atomic E-state index is 13.3. The van der Waals surface area contributed by atoms with Crippen molar-refractivity contribution < 1.29 is 23.1 Å². The van der Waals surface area contributed by atoms with Crippen LogP contribution in [0.3, 0.4) is 0 Å². The molecule has 0 saturated carbocycles. The van der Waals surface area contributed by atoms with Gasteiger partial charge in [0.1, 0.15) is 6.04 Å². The van der Waals surface area contributed by atoms with Gasteiger partial charge in [0.2, 0.25) is 15.9 Å². The molecule has 0 aliphatic heterocycles. The number of carboxylic acid groups (broad SMARTS) is 1. The van der Waals surface area contributed by atoms with Gasteiger partial charge in [-0.3, -0.25) is 9.59 Å². The van der Waals surface area contributed by atoms with Crippen molar-refractivity contribution in [3.05, 3.63) is 59.7 Å². The van der Waals surface area contributed by atoms with Gasteiger partial charge in [-0.2, -0.15) is 4.31 Å². The smallest absolute Gasteiger partial charge is 0.322 e. The predicted molar refractivity (Wildman–Crippen MR) is 137 cm³/mol. The summed E-state index contributed by atoms with van der Waals surface area (Å²) in [6.45, 7) is 6.20. The summed E-state index contributed by atoms with van der Waals surface area (Å²) in [6, 6.07) is 12.6. The average molecular weight is 504 g/mol. The van der Waals surface area contributed by atoms with Gasteiger partial charge in [0, 0.05) is 25.2 Å². The zero-order valence-corrected chi connectivity index (χ0v) is 21.6. The molecule has 0 unspecified atom stereocenters. The number of nitrogens with zero attached hydrogens (tertiary/aromatic N) is 1. The van der Waals surface area contributed by atoms with Crippen molar-refractivity contribution in [3.8, 4) is 0 Å². The first-order valence-electron chi connectivity index (χ1n) is 11.9. The number of aliphatic carboxylic acids is 1. The highest BCUT2D eigenvalue weighted by atomic mass is 32.2.